The maximum atomic E-state index is 13.8. The topological polar surface area (TPSA) is 59.1 Å². The number of nitrogens with zero attached hydrogens (tertiary/aromatic N) is 2. The zero-order valence-electron chi connectivity index (χ0n) is 24.9. The van der Waals surface area contributed by atoms with Crippen LogP contribution in [0.25, 0.3) is 0 Å². The summed E-state index contributed by atoms with van der Waals surface area (Å²) in [6.45, 7) is 12.6. The Bertz CT molecular complexity index is 1200. The standard InChI is InChI=1S/C33H44Cl2N2O4/c1-23-19-27(34)8-7-25(23)20-26(21-31(38)41-33(2,3)4)32(39)37-15-11-24(12-16-37)29-10-9-28(35)22-30(29)40-18-17-36-13-5-6-14-36/h7-10,19,22,24,26H,5-6,11-18,20-21H2,1-4H3/t26-/m0/s1. The van der Waals surface area contributed by atoms with Crippen molar-refractivity contribution in [1.29, 1.82) is 0 Å². The first-order valence-corrected chi connectivity index (χ1v) is 15.6. The smallest absolute Gasteiger partial charge is 0.307 e. The van der Waals surface area contributed by atoms with E-state index in [1.807, 2.05) is 62.9 Å². The van der Waals surface area contributed by atoms with Gasteiger partial charge < -0.3 is 14.4 Å². The second-order valence-corrected chi connectivity index (χ2v) is 13.3. The molecule has 2 aliphatic rings. The van der Waals surface area contributed by atoms with Crippen LogP contribution in [-0.2, 0) is 20.7 Å². The lowest BCUT2D eigenvalue weighted by molar-refractivity contribution is -0.158. The van der Waals surface area contributed by atoms with Gasteiger partial charge in [-0.2, -0.15) is 0 Å². The summed E-state index contributed by atoms with van der Waals surface area (Å²) in [5.74, 6) is 0.279. The summed E-state index contributed by atoms with van der Waals surface area (Å²) >= 11 is 12.5. The molecule has 1 amide bonds. The van der Waals surface area contributed by atoms with Crippen LogP contribution in [0, 0.1) is 12.8 Å². The zero-order valence-corrected chi connectivity index (χ0v) is 26.4. The molecule has 2 aliphatic heterocycles. The molecule has 0 aromatic heterocycles. The number of hydrogen-bond donors (Lipinski definition) is 0. The van der Waals surface area contributed by atoms with E-state index >= 15 is 0 Å². The molecule has 6 nitrogen and oxygen atoms in total. The maximum absolute atomic E-state index is 13.8. The van der Waals surface area contributed by atoms with E-state index in [0.717, 1.165) is 54.9 Å². The van der Waals surface area contributed by atoms with Crippen molar-refractivity contribution in [1.82, 2.24) is 9.80 Å². The lowest BCUT2D eigenvalue weighted by Gasteiger charge is -2.35. The molecule has 2 saturated heterocycles. The first-order valence-electron chi connectivity index (χ1n) is 14.9. The van der Waals surface area contributed by atoms with E-state index < -0.39 is 11.5 Å². The summed E-state index contributed by atoms with van der Waals surface area (Å²) < 4.78 is 11.8. The molecule has 0 aliphatic carbocycles. The predicted octanol–water partition coefficient (Wildman–Crippen LogP) is 7.07. The Hall–Kier alpha value is -2.28. The van der Waals surface area contributed by atoms with Gasteiger partial charge in [0.05, 0.1) is 12.3 Å². The van der Waals surface area contributed by atoms with Gasteiger partial charge in [-0.3, -0.25) is 14.5 Å². The van der Waals surface area contributed by atoms with Gasteiger partial charge in [-0.1, -0.05) is 35.3 Å². The van der Waals surface area contributed by atoms with E-state index in [2.05, 4.69) is 11.0 Å². The second kappa shape index (κ2) is 14.3. The van der Waals surface area contributed by atoms with E-state index in [1.54, 1.807) is 0 Å². The number of aryl methyl sites for hydroxylation is 1. The van der Waals surface area contributed by atoms with Crippen LogP contribution in [0.5, 0.6) is 5.75 Å². The lowest BCUT2D eigenvalue weighted by atomic mass is 9.87. The number of benzene rings is 2. The fourth-order valence-electron chi connectivity index (χ4n) is 5.92. The molecule has 2 heterocycles. The molecule has 0 radical (unpaired) electrons. The van der Waals surface area contributed by atoms with E-state index in [-0.39, 0.29) is 24.2 Å². The van der Waals surface area contributed by atoms with E-state index in [0.29, 0.717) is 36.2 Å². The molecule has 2 fully saturated rings. The van der Waals surface area contributed by atoms with E-state index in [4.69, 9.17) is 32.7 Å². The van der Waals surface area contributed by atoms with Crippen molar-refractivity contribution in [3.63, 3.8) is 0 Å². The number of hydrogen-bond acceptors (Lipinski definition) is 5. The zero-order chi connectivity index (χ0) is 29.6. The number of likely N-dealkylation sites (tertiary alicyclic amines) is 2. The molecule has 0 N–H and O–H groups in total. The number of amides is 1. The summed E-state index contributed by atoms with van der Waals surface area (Å²) in [6.07, 6.45) is 4.69. The third-order valence-corrected chi connectivity index (χ3v) is 8.51. The second-order valence-electron chi connectivity index (χ2n) is 12.4. The summed E-state index contributed by atoms with van der Waals surface area (Å²) in [6, 6.07) is 11.6. The van der Waals surface area contributed by atoms with Gasteiger partial charge in [-0.15, -0.1) is 0 Å². The minimum atomic E-state index is -0.605. The average Bonchev–Trinajstić information content (AvgIpc) is 3.42. The van der Waals surface area contributed by atoms with Gasteiger partial charge in [0.2, 0.25) is 5.91 Å². The van der Waals surface area contributed by atoms with Crippen molar-refractivity contribution in [2.75, 3.05) is 39.3 Å². The van der Waals surface area contributed by atoms with Crippen LogP contribution < -0.4 is 4.74 Å². The molecule has 2 aromatic rings. The minimum absolute atomic E-state index is 0.00171. The van der Waals surface area contributed by atoms with E-state index in [9.17, 15) is 9.59 Å². The van der Waals surface area contributed by atoms with Crippen molar-refractivity contribution in [2.45, 2.75) is 77.7 Å². The van der Waals surface area contributed by atoms with Gasteiger partial charge in [0.1, 0.15) is 18.0 Å². The summed E-state index contributed by atoms with van der Waals surface area (Å²) in [5, 5.41) is 1.32. The highest BCUT2D eigenvalue weighted by Gasteiger charge is 2.33. The molecule has 2 aromatic carbocycles. The van der Waals surface area contributed by atoms with Gasteiger partial charge >= 0.3 is 5.97 Å². The predicted molar refractivity (Wildman–Crippen MR) is 165 cm³/mol. The summed E-state index contributed by atoms with van der Waals surface area (Å²) in [4.78, 5) is 31.0. The highest BCUT2D eigenvalue weighted by Crippen LogP contribution is 2.37. The fourth-order valence-corrected chi connectivity index (χ4v) is 6.30. The Kier molecular flexibility index (Phi) is 11.0. The third-order valence-electron chi connectivity index (χ3n) is 8.04. The lowest BCUT2D eigenvalue weighted by Crippen LogP contribution is -2.43. The number of ether oxygens (including phenoxy) is 2. The maximum Gasteiger partial charge on any atom is 0.307 e. The SMILES string of the molecule is Cc1cc(Cl)ccc1C[C@@H](CC(=O)OC(C)(C)C)C(=O)N1CCC(c2ccc(Cl)cc2OCCN2CCCC2)CC1. The van der Waals surface area contributed by atoms with Crippen LogP contribution >= 0.6 is 23.2 Å². The molecule has 224 valence electrons. The Morgan fingerprint density at radius 2 is 1.63 bits per heavy atom. The van der Waals surface area contributed by atoms with Crippen LogP contribution in [0.3, 0.4) is 0 Å². The largest absolute Gasteiger partial charge is 0.492 e. The Labute approximate surface area is 255 Å². The van der Waals surface area contributed by atoms with Crippen LogP contribution in [-0.4, -0.2) is 66.6 Å². The van der Waals surface area contributed by atoms with Crippen LogP contribution in [0.4, 0.5) is 0 Å². The normalized spacial score (nSPS) is 17.5. The molecule has 4 rings (SSSR count). The number of rotatable bonds is 10. The molecule has 0 spiro atoms. The molecular formula is C33H44Cl2N2O4. The number of esters is 1. The fraction of sp³-hybridized carbons (Fsp3) is 0.576. The van der Waals surface area contributed by atoms with Gasteiger partial charge in [0.15, 0.2) is 0 Å². The first-order chi connectivity index (χ1) is 19.5. The minimum Gasteiger partial charge on any atom is -0.492 e. The number of halogens is 2. The van der Waals surface area contributed by atoms with Crippen molar-refractivity contribution in [2.24, 2.45) is 5.92 Å². The van der Waals surface area contributed by atoms with Gasteiger partial charge in [0.25, 0.3) is 0 Å². The Morgan fingerprint density at radius 1 is 0.976 bits per heavy atom. The van der Waals surface area contributed by atoms with Crippen molar-refractivity contribution >= 4 is 35.1 Å². The van der Waals surface area contributed by atoms with Crippen molar-refractivity contribution in [3.8, 4) is 5.75 Å². The van der Waals surface area contributed by atoms with Crippen molar-refractivity contribution < 1.29 is 19.1 Å². The highest BCUT2D eigenvalue weighted by molar-refractivity contribution is 6.31. The molecule has 8 heteroatoms. The van der Waals surface area contributed by atoms with Crippen molar-refractivity contribution in [3.05, 3.63) is 63.1 Å². The Morgan fingerprint density at radius 3 is 2.29 bits per heavy atom. The average molecular weight is 604 g/mol. The molecule has 0 saturated carbocycles. The quantitative estimate of drug-likeness (QED) is 0.272. The number of piperidine rings is 1. The van der Waals surface area contributed by atoms with Crippen LogP contribution in [0.1, 0.15) is 75.5 Å². The molecule has 1 atom stereocenters. The van der Waals surface area contributed by atoms with Crippen LogP contribution in [0.2, 0.25) is 10.0 Å². The van der Waals surface area contributed by atoms with Crippen LogP contribution in [0.15, 0.2) is 36.4 Å². The molecule has 41 heavy (non-hydrogen) atoms. The number of carbonyl (C=O) groups is 2. The van der Waals surface area contributed by atoms with Gasteiger partial charge in [-0.05, 0) is 120 Å². The summed E-state index contributed by atoms with van der Waals surface area (Å²) in [7, 11) is 0. The highest BCUT2D eigenvalue weighted by atomic mass is 35.5. The number of carbonyl (C=O) groups excluding carboxylic acids is 2. The third kappa shape index (κ3) is 9.36. The first kappa shape index (κ1) is 31.7. The van der Waals surface area contributed by atoms with Gasteiger partial charge in [0, 0.05) is 29.7 Å². The molecular weight excluding hydrogens is 559 g/mol. The van der Waals surface area contributed by atoms with Gasteiger partial charge in [-0.25, -0.2) is 0 Å². The Balaban J connectivity index is 1.41. The monoisotopic (exact) mass is 602 g/mol. The summed E-state index contributed by atoms with van der Waals surface area (Å²) in [5.41, 5.74) is 2.58. The molecule has 0 unspecified atom stereocenters. The molecule has 0 bridgehead atoms. The van der Waals surface area contributed by atoms with E-state index in [1.165, 1.54) is 12.8 Å².